The largest absolute Gasteiger partial charge is 0.468 e. The van der Waals surface area contributed by atoms with Crippen molar-refractivity contribution in [3.8, 4) is 33.0 Å². The van der Waals surface area contributed by atoms with Gasteiger partial charge in [0.2, 0.25) is 45.5 Å². The van der Waals surface area contributed by atoms with Gasteiger partial charge in [-0.25, -0.2) is 32.2 Å². The molecule has 5 amide bonds. The fourth-order valence-electron chi connectivity index (χ4n) is 12.1. The molecular weight excluding hydrogens is 1420 g/mol. The fourth-order valence-corrected chi connectivity index (χ4v) is 14.4. The molecule has 0 saturated carbocycles. The van der Waals surface area contributed by atoms with Crippen LogP contribution in [0.3, 0.4) is 0 Å². The third kappa shape index (κ3) is 24.4. The van der Waals surface area contributed by atoms with Gasteiger partial charge in [-0.2, -0.15) is 10.2 Å². The van der Waals surface area contributed by atoms with E-state index in [2.05, 4.69) is 40.5 Å². The average molecular weight is 1520 g/mol. The van der Waals surface area contributed by atoms with Gasteiger partial charge >= 0.3 is 5.97 Å². The summed E-state index contributed by atoms with van der Waals surface area (Å²) < 4.78 is 112. The van der Waals surface area contributed by atoms with Crippen LogP contribution in [0, 0.1) is 11.6 Å². The normalized spacial score (nSPS) is 13.7. The number of benzene rings is 3. The fraction of sp³-hybridized carbons (Fsp3) is 0.535. The molecule has 106 heavy (non-hydrogen) atoms. The Kier molecular flexibility index (Phi) is 32.2. The van der Waals surface area contributed by atoms with E-state index in [-0.39, 0.29) is 111 Å². The van der Waals surface area contributed by atoms with Crippen LogP contribution < -0.4 is 26.4 Å². The summed E-state index contributed by atoms with van der Waals surface area (Å²) in [6, 6.07) is 14.7. The van der Waals surface area contributed by atoms with Crippen molar-refractivity contribution >= 4 is 90.3 Å². The lowest BCUT2D eigenvalue weighted by molar-refractivity contribution is -0.141. The van der Waals surface area contributed by atoms with Gasteiger partial charge in [0.25, 0.3) is 0 Å². The van der Waals surface area contributed by atoms with Crippen LogP contribution in [0.15, 0.2) is 67.0 Å². The van der Waals surface area contributed by atoms with E-state index in [0.29, 0.717) is 200 Å². The summed E-state index contributed by atoms with van der Waals surface area (Å²) >= 11 is 1.37. The molecule has 0 spiro atoms. The zero-order valence-electron chi connectivity index (χ0n) is 60.0. The molecular formula is C71H94F2N14O17S2. The van der Waals surface area contributed by atoms with Gasteiger partial charge in [0, 0.05) is 92.5 Å². The van der Waals surface area contributed by atoms with E-state index in [1.807, 2.05) is 11.0 Å². The number of methoxy groups -OCH3 is 1. The van der Waals surface area contributed by atoms with Gasteiger partial charge in [0.05, 0.1) is 181 Å². The van der Waals surface area contributed by atoms with Crippen LogP contribution in [0.5, 0.6) is 0 Å². The minimum Gasteiger partial charge on any atom is -0.468 e. The van der Waals surface area contributed by atoms with Crippen molar-refractivity contribution in [2.45, 2.75) is 76.7 Å². The Labute approximate surface area is 617 Å². The summed E-state index contributed by atoms with van der Waals surface area (Å²) in [4.78, 5) is 93.5. The molecule has 7 aromatic rings. The number of amides is 5. The number of fused-ring (bicyclic) bond motifs is 2. The van der Waals surface area contributed by atoms with Crippen LogP contribution in [-0.4, -0.2) is 253 Å². The quantitative estimate of drug-likeness (QED) is 0.0244. The van der Waals surface area contributed by atoms with Crippen molar-refractivity contribution in [2.24, 2.45) is 7.05 Å². The second-order valence-corrected chi connectivity index (χ2v) is 27.8. The standard InChI is InChI=1S/C71H94F2N14O17S2/c1-4-41-106(94,95)83-55-9-5-8-52(66(55)73)68-69(56-13-19-76-71(74)80-56)105-70(81-68)49-16-23-86(24-17-49)63(92)18-25-97-27-29-99-31-33-101-35-37-103-39-40-104-38-36-102-34-32-100-30-28-98-26-20-75-59(88)11-12-62(91)85-21-14-48(15-22-85)67-65-51(53-43-58-50(42-54(53)72)44-79-84(58)2)7-6-10-57(65)87(82-67)47-61(90)77-45-60(89)78-46-64(93)96-3/h5-10,13,19,42-44,48-49,83H,4,11-12,14-18,20-41,45-47H2,1-3H3,(H,75,88)(H,77,90)(H,78,89)(H2,74,76,80). The minimum atomic E-state index is -3.76. The number of nitrogens with zero attached hydrogens (tertiary/aromatic N) is 9. The number of hydrogen-bond acceptors (Lipinski definition) is 24. The monoisotopic (exact) mass is 1520 g/mol. The molecule has 6 N–H and O–H groups in total. The van der Waals surface area contributed by atoms with E-state index in [9.17, 15) is 37.2 Å². The summed E-state index contributed by atoms with van der Waals surface area (Å²) in [7, 11) is -0.787. The highest BCUT2D eigenvalue weighted by atomic mass is 32.2. The van der Waals surface area contributed by atoms with Gasteiger partial charge in [0.15, 0.2) is 5.82 Å². The second-order valence-electron chi connectivity index (χ2n) is 25.0. The molecule has 576 valence electrons. The number of aromatic nitrogens is 7. The number of carbonyl (C=O) groups is 6. The van der Waals surface area contributed by atoms with Crippen molar-refractivity contribution in [3.63, 3.8) is 0 Å². The maximum atomic E-state index is 16.1. The number of esters is 1. The van der Waals surface area contributed by atoms with Crippen molar-refractivity contribution in [1.82, 2.24) is 60.3 Å². The van der Waals surface area contributed by atoms with Crippen LogP contribution in [0.4, 0.5) is 20.4 Å². The number of nitrogens with one attached hydrogen (secondary N) is 4. The first-order valence-corrected chi connectivity index (χ1v) is 37.9. The lowest BCUT2D eigenvalue weighted by atomic mass is 9.88. The molecule has 2 saturated heterocycles. The maximum absolute atomic E-state index is 16.1. The number of halogens is 2. The van der Waals surface area contributed by atoms with Gasteiger partial charge in [0.1, 0.15) is 18.9 Å². The summed E-state index contributed by atoms with van der Waals surface area (Å²) in [6.07, 6.45) is 6.06. The Morgan fingerprint density at radius 2 is 1.21 bits per heavy atom. The Balaban J connectivity index is 0.540. The zero-order chi connectivity index (χ0) is 75.2. The third-order valence-corrected chi connectivity index (χ3v) is 20.2. The Bertz CT molecular complexity index is 4170. The number of carbonyl (C=O) groups excluding carboxylic acids is 6. The average Bonchev–Trinajstić information content (AvgIpc) is 1.58. The highest BCUT2D eigenvalue weighted by Crippen LogP contribution is 2.44. The molecule has 9 rings (SSSR count). The third-order valence-electron chi connectivity index (χ3n) is 17.5. The Morgan fingerprint density at radius 1 is 0.632 bits per heavy atom. The van der Waals surface area contributed by atoms with Crippen LogP contribution in [0.1, 0.15) is 80.8 Å². The minimum absolute atomic E-state index is 0.00748. The van der Waals surface area contributed by atoms with Gasteiger partial charge < -0.3 is 74.1 Å². The van der Waals surface area contributed by atoms with Gasteiger partial charge in [-0.1, -0.05) is 25.1 Å². The van der Waals surface area contributed by atoms with E-state index in [4.69, 9.17) is 53.7 Å². The number of nitrogens with two attached hydrogens (primary N) is 1. The first kappa shape index (κ1) is 81.3. The van der Waals surface area contributed by atoms with Crippen LogP contribution in [0.2, 0.25) is 0 Å². The van der Waals surface area contributed by atoms with Gasteiger partial charge in [-0.15, -0.1) is 11.3 Å². The summed E-state index contributed by atoms with van der Waals surface area (Å²) in [5.74, 6) is -3.68. The summed E-state index contributed by atoms with van der Waals surface area (Å²) in [6.45, 7) is 8.57. The molecule has 35 heteroatoms. The first-order chi connectivity index (χ1) is 51.4. The molecule has 6 heterocycles. The van der Waals surface area contributed by atoms with E-state index >= 15 is 8.78 Å². The number of likely N-dealkylation sites (tertiary alicyclic amines) is 2. The molecule has 0 radical (unpaired) electrons. The highest BCUT2D eigenvalue weighted by Gasteiger charge is 2.32. The number of anilines is 2. The lowest BCUT2D eigenvalue weighted by Gasteiger charge is -2.31. The number of thiazole rings is 1. The van der Waals surface area contributed by atoms with Gasteiger partial charge in [-0.3, -0.25) is 42.9 Å². The highest BCUT2D eigenvalue weighted by molar-refractivity contribution is 7.92. The number of aryl methyl sites for hydroxylation is 1. The van der Waals surface area contributed by atoms with Crippen molar-refractivity contribution < 1.29 is 88.6 Å². The van der Waals surface area contributed by atoms with Crippen molar-refractivity contribution in [2.75, 3.05) is 175 Å². The van der Waals surface area contributed by atoms with Crippen LogP contribution in [0.25, 0.3) is 54.8 Å². The predicted octanol–water partition coefficient (Wildman–Crippen LogP) is 5.12. The van der Waals surface area contributed by atoms with Crippen molar-refractivity contribution in [3.05, 3.63) is 89.3 Å². The molecule has 2 aliphatic heterocycles. The van der Waals surface area contributed by atoms with Gasteiger partial charge in [-0.05, 0) is 74.1 Å². The predicted molar refractivity (Wildman–Crippen MR) is 389 cm³/mol. The second kappa shape index (κ2) is 41.9. The number of sulfonamides is 1. The summed E-state index contributed by atoms with van der Waals surface area (Å²) in [5, 5.41) is 19.0. The molecule has 0 atom stereocenters. The number of hydrogen-bond donors (Lipinski definition) is 5. The van der Waals surface area contributed by atoms with E-state index in [1.54, 1.807) is 66.1 Å². The molecule has 0 bridgehead atoms. The van der Waals surface area contributed by atoms with Crippen LogP contribution in [-0.2, 0) is 95.0 Å². The Hall–Kier alpha value is -8.78. The molecule has 2 fully saturated rings. The molecule has 4 aromatic heterocycles. The number of ether oxygens (including phenoxy) is 9. The number of piperidine rings is 2. The SMILES string of the molecule is CCCS(=O)(=O)Nc1cccc(-c2nc(C3CCN(C(=O)CCOCCOCCOCCOCCOCCOCCOCCOCCNC(=O)CCC(=O)N4CCC(c5nn(CC(=O)NCC(=O)NCC(=O)OC)c6cccc(-c7cc8c(cnn8C)cc7F)c56)CC4)CC3)sc2-c2ccnc(N)n2)c1F. The first-order valence-electron chi connectivity index (χ1n) is 35.4. The lowest BCUT2D eigenvalue weighted by Crippen LogP contribution is -2.40. The molecule has 0 unspecified atom stereocenters. The zero-order valence-corrected chi connectivity index (χ0v) is 61.6. The smallest absolute Gasteiger partial charge is 0.325 e. The molecule has 0 aliphatic carbocycles. The van der Waals surface area contributed by atoms with E-state index < -0.39 is 39.4 Å². The number of nitrogen functional groups attached to an aromatic ring is 1. The topological polar surface area (TPSA) is 375 Å². The summed E-state index contributed by atoms with van der Waals surface area (Å²) in [5.41, 5.74) is 9.49. The Morgan fingerprint density at radius 3 is 1.82 bits per heavy atom. The van der Waals surface area contributed by atoms with E-state index in [0.717, 1.165) is 10.5 Å². The molecule has 31 nitrogen and oxygen atoms in total. The van der Waals surface area contributed by atoms with Crippen LogP contribution >= 0.6 is 11.3 Å². The molecule has 3 aromatic carbocycles. The number of rotatable bonds is 45. The van der Waals surface area contributed by atoms with Crippen molar-refractivity contribution in [1.29, 1.82) is 0 Å². The maximum Gasteiger partial charge on any atom is 0.325 e. The molecule has 2 aliphatic rings. The van der Waals surface area contributed by atoms with E-state index in [1.165, 1.54) is 41.5 Å².